The summed E-state index contributed by atoms with van der Waals surface area (Å²) in [7, 11) is 0. The number of hydrogen-bond acceptors (Lipinski definition) is 4. The first-order chi connectivity index (χ1) is 8.63. The van der Waals surface area contributed by atoms with E-state index in [9.17, 15) is 9.59 Å². The number of nitrogens with one attached hydrogen (secondary N) is 1. The van der Waals surface area contributed by atoms with Crippen molar-refractivity contribution in [3.05, 3.63) is 35.9 Å². The summed E-state index contributed by atoms with van der Waals surface area (Å²) >= 11 is 1.57. The molecule has 0 heterocycles. The van der Waals surface area contributed by atoms with Crippen molar-refractivity contribution in [3.63, 3.8) is 0 Å². The summed E-state index contributed by atoms with van der Waals surface area (Å²) in [5, 5.41) is 2.54. The number of amides is 1. The molecule has 0 aliphatic carbocycles. The van der Waals surface area contributed by atoms with E-state index >= 15 is 0 Å². The molecule has 0 spiro atoms. The van der Waals surface area contributed by atoms with Crippen LogP contribution in [0.15, 0.2) is 30.3 Å². The minimum Gasteiger partial charge on any atom is -0.344 e. The van der Waals surface area contributed by atoms with Crippen molar-refractivity contribution in [1.29, 1.82) is 0 Å². The highest BCUT2D eigenvalue weighted by Crippen LogP contribution is 2.12. The Morgan fingerprint density at radius 2 is 2.11 bits per heavy atom. The van der Waals surface area contributed by atoms with Gasteiger partial charge in [0.25, 0.3) is 0 Å². The van der Waals surface area contributed by atoms with Gasteiger partial charge in [-0.15, -0.1) is 0 Å². The number of carbonyl (C=O) groups excluding carboxylic acids is 2. The first kappa shape index (κ1) is 14.7. The Kier molecular flexibility index (Phi) is 6.46. The molecule has 1 rings (SSSR count). The van der Waals surface area contributed by atoms with Gasteiger partial charge in [-0.25, -0.2) is 0 Å². The summed E-state index contributed by atoms with van der Waals surface area (Å²) in [6.45, 7) is 1.58. The molecule has 1 radical (unpaired) electrons. The zero-order valence-electron chi connectivity index (χ0n) is 10.3. The number of thioether (sulfide) groups is 1. The van der Waals surface area contributed by atoms with E-state index in [4.69, 9.17) is 5.73 Å². The van der Waals surface area contributed by atoms with Crippen molar-refractivity contribution in [2.45, 2.75) is 24.8 Å². The SMILES string of the molecule is CC(N)C(=O)NC([C]=O)CSCc1ccccc1. The minimum absolute atomic E-state index is 0.330. The van der Waals surface area contributed by atoms with Gasteiger partial charge >= 0.3 is 0 Å². The van der Waals surface area contributed by atoms with Gasteiger partial charge in [0.2, 0.25) is 12.2 Å². The quantitative estimate of drug-likeness (QED) is 0.767. The fourth-order valence-corrected chi connectivity index (χ4v) is 2.21. The van der Waals surface area contributed by atoms with Crippen LogP contribution in [0.4, 0.5) is 0 Å². The van der Waals surface area contributed by atoms with Gasteiger partial charge in [0, 0.05) is 11.5 Å². The zero-order valence-corrected chi connectivity index (χ0v) is 11.1. The Morgan fingerprint density at radius 3 is 2.67 bits per heavy atom. The second kappa shape index (κ2) is 7.89. The molecule has 1 aromatic carbocycles. The molecule has 2 unspecified atom stereocenters. The molecule has 4 nitrogen and oxygen atoms in total. The second-order valence-corrected chi connectivity index (χ2v) is 5.00. The molecule has 0 aromatic heterocycles. The number of rotatable bonds is 7. The van der Waals surface area contributed by atoms with E-state index in [1.807, 2.05) is 36.6 Å². The maximum absolute atomic E-state index is 11.3. The van der Waals surface area contributed by atoms with Crippen molar-refractivity contribution in [1.82, 2.24) is 5.32 Å². The van der Waals surface area contributed by atoms with Crippen molar-refractivity contribution in [2.75, 3.05) is 5.75 Å². The maximum Gasteiger partial charge on any atom is 0.237 e. The van der Waals surface area contributed by atoms with Crippen LogP contribution in [0, 0.1) is 0 Å². The Labute approximate surface area is 111 Å². The third-order valence-corrected chi connectivity index (χ3v) is 3.37. The summed E-state index contributed by atoms with van der Waals surface area (Å²) in [5.74, 6) is 0.966. The molecule has 3 N–H and O–H groups in total. The third kappa shape index (κ3) is 5.33. The molecule has 0 saturated carbocycles. The van der Waals surface area contributed by atoms with E-state index in [0.29, 0.717) is 5.75 Å². The third-order valence-electron chi connectivity index (χ3n) is 2.27. The van der Waals surface area contributed by atoms with E-state index in [2.05, 4.69) is 5.32 Å². The molecule has 1 aromatic rings. The van der Waals surface area contributed by atoms with Crippen LogP contribution < -0.4 is 11.1 Å². The van der Waals surface area contributed by atoms with Crippen molar-refractivity contribution in [3.8, 4) is 0 Å². The first-order valence-corrected chi connectivity index (χ1v) is 6.84. The van der Waals surface area contributed by atoms with Gasteiger partial charge in [-0.2, -0.15) is 11.8 Å². The molecule has 97 valence electrons. The fourth-order valence-electron chi connectivity index (χ4n) is 1.28. The van der Waals surface area contributed by atoms with Gasteiger partial charge in [-0.1, -0.05) is 30.3 Å². The zero-order chi connectivity index (χ0) is 13.4. The standard InChI is InChI=1S/C13H17N2O2S/c1-10(14)13(17)15-12(7-16)9-18-8-11-5-3-2-4-6-11/h2-6,10,12H,8-9,14H2,1H3,(H,15,17). The van der Waals surface area contributed by atoms with Crippen LogP contribution in [-0.2, 0) is 15.3 Å². The minimum atomic E-state index is -0.611. The van der Waals surface area contributed by atoms with E-state index in [-0.39, 0.29) is 5.91 Å². The molecular formula is C13H17N2O2S. The highest BCUT2D eigenvalue weighted by Gasteiger charge is 2.14. The summed E-state index contributed by atoms with van der Waals surface area (Å²) in [6.07, 6.45) is 1.82. The lowest BCUT2D eigenvalue weighted by Gasteiger charge is -2.13. The predicted molar refractivity (Wildman–Crippen MR) is 73.9 cm³/mol. The van der Waals surface area contributed by atoms with E-state index in [0.717, 1.165) is 5.75 Å². The van der Waals surface area contributed by atoms with E-state index < -0.39 is 12.1 Å². The summed E-state index contributed by atoms with van der Waals surface area (Å²) in [4.78, 5) is 22.0. The summed E-state index contributed by atoms with van der Waals surface area (Å²) < 4.78 is 0. The van der Waals surface area contributed by atoms with Gasteiger partial charge in [-0.05, 0) is 12.5 Å². The number of hydrogen-bond donors (Lipinski definition) is 2. The highest BCUT2D eigenvalue weighted by atomic mass is 32.2. The van der Waals surface area contributed by atoms with Gasteiger partial charge in [-0.3, -0.25) is 9.59 Å². The Bertz CT molecular complexity index is 382. The number of nitrogens with two attached hydrogens (primary N) is 1. The molecular weight excluding hydrogens is 248 g/mol. The van der Waals surface area contributed by atoms with Crippen LogP contribution >= 0.6 is 11.8 Å². The topological polar surface area (TPSA) is 72.2 Å². The molecule has 18 heavy (non-hydrogen) atoms. The molecule has 0 aliphatic heterocycles. The molecule has 2 atom stereocenters. The smallest absolute Gasteiger partial charge is 0.237 e. The van der Waals surface area contributed by atoms with Crippen molar-refractivity contribution in [2.24, 2.45) is 5.73 Å². The van der Waals surface area contributed by atoms with Crippen molar-refractivity contribution >= 4 is 24.0 Å². The monoisotopic (exact) mass is 265 g/mol. The summed E-state index contributed by atoms with van der Waals surface area (Å²) in [5.41, 5.74) is 6.60. The number of carbonyl (C=O) groups is 1. The lowest BCUT2D eigenvalue weighted by Crippen LogP contribution is -2.45. The molecule has 5 heteroatoms. The Balaban J connectivity index is 2.32. The molecule has 0 bridgehead atoms. The largest absolute Gasteiger partial charge is 0.344 e. The molecule has 1 amide bonds. The van der Waals surface area contributed by atoms with Crippen LogP contribution in [0.25, 0.3) is 0 Å². The fraction of sp³-hybridized carbons (Fsp3) is 0.385. The second-order valence-electron chi connectivity index (χ2n) is 3.97. The predicted octanol–water partition coefficient (Wildman–Crippen LogP) is 0.861. The van der Waals surface area contributed by atoms with Crippen LogP contribution in [-0.4, -0.2) is 30.0 Å². The lowest BCUT2D eigenvalue weighted by atomic mass is 10.2. The average Bonchev–Trinajstić information content (AvgIpc) is 2.38. The number of benzene rings is 1. The van der Waals surface area contributed by atoms with Crippen LogP contribution in [0.3, 0.4) is 0 Å². The van der Waals surface area contributed by atoms with Crippen LogP contribution in [0.2, 0.25) is 0 Å². The van der Waals surface area contributed by atoms with E-state index in [1.165, 1.54) is 5.56 Å². The Hall–Kier alpha value is -1.33. The van der Waals surface area contributed by atoms with Crippen LogP contribution in [0.5, 0.6) is 0 Å². The Morgan fingerprint density at radius 1 is 1.44 bits per heavy atom. The first-order valence-electron chi connectivity index (χ1n) is 5.68. The average molecular weight is 265 g/mol. The van der Waals surface area contributed by atoms with Crippen LogP contribution in [0.1, 0.15) is 12.5 Å². The molecule has 0 fully saturated rings. The van der Waals surface area contributed by atoms with Gasteiger partial charge in [0.1, 0.15) is 6.04 Å². The van der Waals surface area contributed by atoms with Gasteiger partial charge in [0.05, 0.1) is 6.04 Å². The van der Waals surface area contributed by atoms with Crippen molar-refractivity contribution < 1.29 is 9.59 Å². The summed E-state index contributed by atoms with van der Waals surface area (Å²) in [6, 6.07) is 8.73. The lowest BCUT2D eigenvalue weighted by molar-refractivity contribution is -0.122. The molecule has 0 saturated heterocycles. The normalized spacial score (nSPS) is 13.7. The maximum atomic E-state index is 11.3. The van der Waals surface area contributed by atoms with Gasteiger partial charge in [0.15, 0.2) is 0 Å². The highest BCUT2D eigenvalue weighted by molar-refractivity contribution is 7.98. The van der Waals surface area contributed by atoms with E-state index in [1.54, 1.807) is 18.7 Å². The molecule has 0 aliphatic rings. The van der Waals surface area contributed by atoms with Gasteiger partial charge < -0.3 is 11.1 Å².